The molecule has 2 rings (SSSR count). The molecule has 3 heteroatoms. The summed E-state index contributed by atoms with van der Waals surface area (Å²) in [5.74, 6) is 0.789. The summed E-state index contributed by atoms with van der Waals surface area (Å²) in [6.07, 6.45) is 3.35. The predicted octanol–water partition coefficient (Wildman–Crippen LogP) is 2.35. The van der Waals surface area contributed by atoms with E-state index in [2.05, 4.69) is 11.9 Å². The second-order valence-corrected chi connectivity index (χ2v) is 4.30. The van der Waals surface area contributed by atoms with Gasteiger partial charge in [0.25, 0.3) is 0 Å². The number of hydrogen-bond acceptors (Lipinski definition) is 3. The van der Waals surface area contributed by atoms with Crippen LogP contribution in [0.25, 0.3) is 0 Å². The molecular formula is C12H13NO2. The smallest absolute Gasteiger partial charge is 0.235 e. The van der Waals surface area contributed by atoms with E-state index in [9.17, 15) is 9.90 Å². The molecule has 3 nitrogen and oxygen atoms in total. The summed E-state index contributed by atoms with van der Waals surface area (Å²) in [6.45, 7) is 2.13. The minimum absolute atomic E-state index is 0.215. The molecule has 1 N–H and O–H groups in total. The second kappa shape index (κ2) is 3.52. The normalized spacial score (nSPS) is 29.0. The molecule has 0 radical (unpaired) electrons. The van der Waals surface area contributed by atoms with Gasteiger partial charge in [0.1, 0.15) is 5.75 Å². The Labute approximate surface area is 88.5 Å². The molecule has 0 amide bonds. The predicted molar refractivity (Wildman–Crippen MR) is 56.3 cm³/mol. The Balaban J connectivity index is 2.38. The van der Waals surface area contributed by atoms with Crippen LogP contribution in [0, 0.1) is 5.92 Å². The maximum absolute atomic E-state index is 10.4. The number of nitrogens with zero attached hydrogens (tertiary/aromatic N) is 1. The number of phenols is 1. The van der Waals surface area contributed by atoms with Crippen LogP contribution in [0.2, 0.25) is 0 Å². The van der Waals surface area contributed by atoms with Crippen molar-refractivity contribution in [1.82, 2.24) is 0 Å². The van der Waals surface area contributed by atoms with Crippen LogP contribution in [0.15, 0.2) is 29.3 Å². The molecule has 0 aromatic heterocycles. The highest BCUT2D eigenvalue weighted by atomic mass is 16.3. The lowest BCUT2D eigenvalue weighted by Crippen LogP contribution is -2.38. The lowest BCUT2D eigenvalue weighted by Gasteiger charge is -2.42. The van der Waals surface area contributed by atoms with Gasteiger partial charge in [0.2, 0.25) is 6.08 Å². The summed E-state index contributed by atoms with van der Waals surface area (Å²) < 4.78 is 0. The summed E-state index contributed by atoms with van der Waals surface area (Å²) in [7, 11) is 0. The summed E-state index contributed by atoms with van der Waals surface area (Å²) >= 11 is 0. The van der Waals surface area contributed by atoms with Gasteiger partial charge in [-0.25, -0.2) is 4.79 Å². The highest BCUT2D eigenvalue weighted by molar-refractivity contribution is 5.41. The van der Waals surface area contributed by atoms with E-state index in [1.54, 1.807) is 24.3 Å². The molecule has 0 heterocycles. The number of aromatic hydroxyl groups is 1. The van der Waals surface area contributed by atoms with Crippen molar-refractivity contribution in [2.75, 3.05) is 0 Å². The largest absolute Gasteiger partial charge is 0.508 e. The van der Waals surface area contributed by atoms with Crippen molar-refractivity contribution in [2.45, 2.75) is 25.3 Å². The van der Waals surface area contributed by atoms with E-state index < -0.39 is 5.54 Å². The molecule has 1 aromatic carbocycles. The molecule has 0 atom stereocenters. The summed E-state index contributed by atoms with van der Waals surface area (Å²) in [5, 5.41) is 9.39. The molecule has 1 aromatic rings. The van der Waals surface area contributed by atoms with E-state index in [1.807, 2.05) is 6.07 Å². The first-order valence-electron chi connectivity index (χ1n) is 5.05. The molecule has 15 heavy (non-hydrogen) atoms. The lowest BCUT2D eigenvalue weighted by atomic mass is 9.66. The highest BCUT2D eigenvalue weighted by Crippen LogP contribution is 2.48. The van der Waals surface area contributed by atoms with Crippen molar-refractivity contribution in [2.24, 2.45) is 10.9 Å². The van der Waals surface area contributed by atoms with Crippen LogP contribution in [-0.2, 0) is 10.3 Å². The zero-order valence-electron chi connectivity index (χ0n) is 8.60. The number of isocyanates is 1. The van der Waals surface area contributed by atoms with Gasteiger partial charge in [-0.05, 0) is 36.5 Å². The molecule has 0 aliphatic heterocycles. The SMILES string of the molecule is CC1CC(N=C=O)(c2cccc(O)c2)C1. The van der Waals surface area contributed by atoms with Gasteiger partial charge in [-0.2, -0.15) is 4.99 Å². The van der Waals surface area contributed by atoms with Gasteiger partial charge in [0.15, 0.2) is 0 Å². The summed E-state index contributed by atoms with van der Waals surface area (Å²) in [4.78, 5) is 14.3. The van der Waals surface area contributed by atoms with Gasteiger partial charge in [-0.3, -0.25) is 0 Å². The maximum Gasteiger partial charge on any atom is 0.235 e. The molecule has 0 spiro atoms. The van der Waals surface area contributed by atoms with Crippen LogP contribution in [0.3, 0.4) is 0 Å². The van der Waals surface area contributed by atoms with Crippen LogP contribution in [0.5, 0.6) is 5.75 Å². The minimum Gasteiger partial charge on any atom is -0.508 e. The number of aliphatic imine (C=N–C) groups is 1. The van der Waals surface area contributed by atoms with Gasteiger partial charge < -0.3 is 5.11 Å². The van der Waals surface area contributed by atoms with Gasteiger partial charge in [-0.1, -0.05) is 19.1 Å². The average Bonchev–Trinajstić information content (AvgIpc) is 2.15. The van der Waals surface area contributed by atoms with Crippen LogP contribution < -0.4 is 0 Å². The zero-order chi connectivity index (χ0) is 10.9. The van der Waals surface area contributed by atoms with Crippen molar-refractivity contribution >= 4 is 6.08 Å². The fourth-order valence-corrected chi connectivity index (χ4v) is 2.37. The molecule has 0 saturated heterocycles. The Morgan fingerprint density at radius 3 is 2.80 bits per heavy atom. The van der Waals surface area contributed by atoms with Crippen LogP contribution in [0.1, 0.15) is 25.3 Å². The molecule has 0 unspecified atom stereocenters. The minimum atomic E-state index is -0.431. The van der Waals surface area contributed by atoms with Crippen molar-refractivity contribution in [3.63, 3.8) is 0 Å². The van der Waals surface area contributed by atoms with Gasteiger partial charge >= 0.3 is 0 Å². The number of phenolic OH excluding ortho intramolecular Hbond substituents is 1. The fraction of sp³-hybridized carbons (Fsp3) is 0.417. The molecule has 0 bridgehead atoms. The summed E-state index contributed by atoms with van der Waals surface area (Å²) in [5.41, 5.74) is 0.476. The highest BCUT2D eigenvalue weighted by Gasteiger charge is 2.43. The topological polar surface area (TPSA) is 49.7 Å². The first kappa shape index (κ1) is 9.94. The van der Waals surface area contributed by atoms with E-state index in [0.29, 0.717) is 5.92 Å². The van der Waals surface area contributed by atoms with Gasteiger partial charge in [0.05, 0.1) is 5.54 Å². The lowest BCUT2D eigenvalue weighted by molar-refractivity contribution is 0.166. The Kier molecular flexibility index (Phi) is 2.33. The van der Waals surface area contributed by atoms with Crippen molar-refractivity contribution in [3.05, 3.63) is 29.8 Å². The monoisotopic (exact) mass is 203 g/mol. The molecule has 78 valence electrons. The second-order valence-electron chi connectivity index (χ2n) is 4.30. The third-order valence-electron chi connectivity index (χ3n) is 3.02. The number of carbonyl (C=O) groups excluding carboxylic acids is 1. The average molecular weight is 203 g/mol. The van der Waals surface area contributed by atoms with Crippen molar-refractivity contribution in [3.8, 4) is 5.75 Å². The number of benzene rings is 1. The van der Waals surface area contributed by atoms with E-state index >= 15 is 0 Å². The van der Waals surface area contributed by atoms with E-state index in [-0.39, 0.29) is 5.75 Å². The van der Waals surface area contributed by atoms with E-state index in [1.165, 1.54) is 0 Å². The van der Waals surface area contributed by atoms with Crippen molar-refractivity contribution < 1.29 is 9.90 Å². The standard InChI is InChI=1S/C12H13NO2/c1-9-6-12(7-9,13-8-14)10-3-2-4-11(15)5-10/h2-5,9,15H,6-7H2,1H3. The van der Waals surface area contributed by atoms with Crippen molar-refractivity contribution in [1.29, 1.82) is 0 Å². The number of hydrogen-bond donors (Lipinski definition) is 1. The van der Waals surface area contributed by atoms with Crippen LogP contribution in [0.4, 0.5) is 0 Å². The summed E-state index contributed by atoms with van der Waals surface area (Å²) in [6, 6.07) is 6.96. The van der Waals surface area contributed by atoms with Crippen LogP contribution in [-0.4, -0.2) is 11.2 Å². The van der Waals surface area contributed by atoms with Gasteiger partial charge in [-0.15, -0.1) is 0 Å². The Morgan fingerprint density at radius 1 is 1.53 bits per heavy atom. The Morgan fingerprint density at radius 2 is 2.27 bits per heavy atom. The van der Waals surface area contributed by atoms with E-state index in [0.717, 1.165) is 18.4 Å². The molecule has 1 aliphatic carbocycles. The zero-order valence-corrected chi connectivity index (χ0v) is 8.60. The molecule has 1 saturated carbocycles. The Hall–Kier alpha value is -1.60. The molecule has 1 fully saturated rings. The number of rotatable bonds is 2. The Bertz CT molecular complexity index is 415. The van der Waals surface area contributed by atoms with Gasteiger partial charge in [0, 0.05) is 0 Å². The molecule has 1 aliphatic rings. The third-order valence-corrected chi connectivity index (χ3v) is 3.02. The molecular weight excluding hydrogens is 190 g/mol. The first-order chi connectivity index (χ1) is 7.16. The van der Waals surface area contributed by atoms with E-state index in [4.69, 9.17) is 0 Å². The maximum atomic E-state index is 10.4. The van der Waals surface area contributed by atoms with Crippen LogP contribution >= 0.6 is 0 Å². The first-order valence-corrected chi connectivity index (χ1v) is 5.05. The third kappa shape index (κ3) is 1.66. The quantitative estimate of drug-likeness (QED) is 0.592. The fourth-order valence-electron chi connectivity index (χ4n) is 2.37.